The molecular weight excluding hydrogens is 272 g/mol. The monoisotopic (exact) mass is 288 g/mol. The Balaban J connectivity index is 2.68. The molecule has 0 aromatic heterocycles. The van der Waals surface area contributed by atoms with Crippen LogP contribution >= 0.6 is 15.9 Å². The molecule has 0 unspecified atom stereocenters. The summed E-state index contributed by atoms with van der Waals surface area (Å²) in [7, 11) is 0. The molecule has 0 heterocycles. The van der Waals surface area contributed by atoms with E-state index in [1.54, 1.807) is 0 Å². The van der Waals surface area contributed by atoms with Crippen molar-refractivity contribution in [3.63, 3.8) is 0 Å². The van der Waals surface area contributed by atoms with Gasteiger partial charge in [-0.25, -0.2) is 0 Å². The van der Waals surface area contributed by atoms with E-state index in [0.717, 1.165) is 10.2 Å². The van der Waals surface area contributed by atoms with Gasteiger partial charge in [0.15, 0.2) is 0 Å². The molecule has 1 aromatic rings. The number of aryl methyl sites for hydroxylation is 1. The minimum Gasteiger partial charge on any atom is -0.440 e. The van der Waals surface area contributed by atoms with Gasteiger partial charge in [0, 0.05) is 0 Å². The molecular formula is C12H17BrO3. The van der Waals surface area contributed by atoms with Gasteiger partial charge < -0.3 is 14.2 Å². The van der Waals surface area contributed by atoms with Crippen LogP contribution in [0.15, 0.2) is 22.7 Å². The third-order valence-electron chi connectivity index (χ3n) is 1.92. The fourth-order valence-electron chi connectivity index (χ4n) is 1.19. The van der Waals surface area contributed by atoms with Gasteiger partial charge in [-0.1, -0.05) is 6.07 Å². The average molecular weight is 289 g/mol. The number of rotatable bonds is 6. The van der Waals surface area contributed by atoms with Gasteiger partial charge in [-0.2, -0.15) is 0 Å². The molecule has 3 nitrogen and oxygen atoms in total. The van der Waals surface area contributed by atoms with E-state index in [1.165, 1.54) is 5.56 Å². The Morgan fingerprint density at radius 3 is 2.31 bits per heavy atom. The van der Waals surface area contributed by atoms with Gasteiger partial charge in [0.25, 0.3) is 0 Å². The fourth-order valence-corrected chi connectivity index (χ4v) is 1.78. The zero-order chi connectivity index (χ0) is 12.0. The Kier molecular flexibility index (Phi) is 5.80. The number of halogens is 1. The fraction of sp³-hybridized carbons (Fsp3) is 0.500. The van der Waals surface area contributed by atoms with E-state index in [4.69, 9.17) is 14.2 Å². The molecule has 0 radical (unpaired) electrons. The molecule has 0 saturated heterocycles. The summed E-state index contributed by atoms with van der Waals surface area (Å²) in [6, 6.07) is 5.86. The van der Waals surface area contributed by atoms with Crippen LogP contribution in [0.25, 0.3) is 0 Å². The SMILES string of the molecule is CCOC(OCC)Oc1ccc(C)cc1Br. The van der Waals surface area contributed by atoms with Crippen molar-refractivity contribution < 1.29 is 14.2 Å². The largest absolute Gasteiger partial charge is 0.440 e. The second kappa shape index (κ2) is 6.89. The number of hydrogen-bond acceptors (Lipinski definition) is 3. The van der Waals surface area contributed by atoms with Gasteiger partial charge in [0.1, 0.15) is 5.75 Å². The topological polar surface area (TPSA) is 27.7 Å². The van der Waals surface area contributed by atoms with Crippen LogP contribution in [0.5, 0.6) is 5.75 Å². The van der Waals surface area contributed by atoms with Crippen LogP contribution in [0.2, 0.25) is 0 Å². The first-order chi connectivity index (χ1) is 7.67. The van der Waals surface area contributed by atoms with E-state index in [2.05, 4.69) is 15.9 Å². The molecule has 16 heavy (non-hydrogen) atoms. The molecule has 0 aliphatic heterocycles. The normalized spacial score (nSPS) is 10.8. The maximum Gasteiger partial charge on any atom is 0.315 e. The van der Waals surface area contributed by atoms with Crippen molar-refractivity contribution >= 4 is 15.9 Å². The van der Waals surface area contributed by atoms with Crippen molar-refractivity contribution in [2.24, 2.45) is 0 Å². The predicted octanol–water partition coefficient (Wildman–Crippen LogP) is 3.49. The van der Waals surface area contributed by atoms with Crippen molar-refractivity contribution in [3.05, 3.63) is 28.2 Å². The molecule has 0 amide bonds. The number of hydrogen-bond donors (Lipinski definition) is 0. The van der Waals surface area contributed by atoms with Crippen LogP contribution in [-0.2, 0) is 9.47 Å². The van der Waals surface area contributed by atoms with Gasteiger partial charge in [-0.3, -0.25) is 0 Å². The minimum absolute atomic E-state index is 0.550. The summed E-state index contributed by atoms with van der Waals surface area (Å²) in [5, 5.41) is 0. The lowest BCUT2D eigenvalue weighted by molar-refractivity contribution is -0.242. The predicted molar refractivity (Wildman–Crippen MR) is 66.5 cm³/mol. The van der Waals surface area contributed by atoms with Crippen LogP contribution < -0.4 is 4.74 Å². The average Bonchev–Trinajstić information content (AvgIpc) is 2.23. The highest BCUT2D eigenvalue weighted by atomic mass is 79.9. The second-order valence-corrected chi connectivity index (χ2v) is 4.11. The summed E-state index contributed by atoms with van der Waals surface area (Å²) in [6.07, 6.45) is 0. The summed E-state index contributed by atoms with van der Waals surface area (Å²) >= 11 is 3.44. The number of ether oxygens (including phenoxy) is 3. The van der Waals surface area contributed by atoms with Gasteiger partial charge in [-0.15, -0.1) is 0 Å². The van der Waals surface area contributed by atoms with E-state index in [0.29, 0.717) is 13.2 Å². The Hall–Kier alpha value is -0.580. The van der Waals surface area contributed by atoms with E-state index < -0.39 is 6.48 Å². The van der Waals surface area contributed by atoms with Crippen molar-refractivity contribution in [2.75, 3.05) is 13.2 Å². The van der Waals surface area contributed by atoms with E-state index >= 15 is 0 Å². The molecule has 1 aromatic carbocycles. The van der Waals surface area contributed by atoms with Gasteiger partial charge in [0.2, 0.25) is 0 Å². The van der Waals surface area contributed by atoms with Crippen LogP contribution in [0, 0.1) is 6.92 Å². The van der Waals surface area contributed by atoms with Gasteiger partial charge in [0.05, 0.1) is 17.7 Å². The zero-order valence-corrected chi connectivity index (χ0v) is 11.4. The lowest BCUT2D eigenvalue weighted by Crippen LogP contribution is -2.24. The van der Waals surface area contributed by atoms with Crippen molar-refractivity contribution in [1.82, 2.24) is 0 Å². The Bertz CT molecular complexity index is 322. The lowest BCUT2D eigenvalue weighted by atomic mass is 10.2. The van der Waals surface area contributed by atoms with Crippen LogP contribution in [0.3, 0.4) is 0 Å². The summed E-state index contributed by atoms with van der Waals surface area (Å²) in [6.45, 7) is 6.28. The van der Waals surface area contributed by atoms with Crippen molar-refractivity contribution in [3.8, 4) is 5.75 Å². The summed E-state index contributed by atoms with van der Waals surface area (Å²) < 4.78 is 17.1. The van der Waals surface area contributed by atoms with Crippen LogP contribution in [0.4, 0.5) is 0 Å². The lowest BCUT2D eigenvalue weighted by Gasteiger charge is -2.19. The smallest absolute Gasteiger partial charge is 0.315 e. The molecule has 0 aliphatic rings. The van der Waals surface area contributed by atoms with E-state index in [1.807, 2.05) is 39.0 Å². The van der Waals surface area contributed by atoms with Crippen molar-refractivity contribution in [1.29, 1.82) is 0 Å². The Labute approximate surface area is 105 Å². The molecule has 0 atom stereocenters. The van der Waals surface area contributed by atoms with Crippen LogP contribution in [0.1, 0.15) is 19.4 Å². The summed E-state index contributed by atoms with van der Waals surface area (Å²) in [4.78, 5) is 0. The summed E-state index contributed by atoms with van der Waals surface area (Å²) in [5.74, 6) is 0.720. The molecule has 0 spiro atoms. The quantitative estimate of drug-likeness (QED) is 0.750. The molecule has 0 fully saturated rings. The molecule has 1 rings (SSSR count). The molecule has 0 saturated carbocycles. The summed E-state index contributed by atoms with van der Waals surface area (Å²) in [5.41, 5.74) is 1.17. The van der Waals surface area contributed by atoms with E-state index in [9.17, 15) is 0 Å². The maximum absolute atomic E-state index is 5.59. The maximum atomic E-state index is 5.59. The highest BCUT2D eigenvalue weighted by Gasteiger charge is 2.11. The Morgan fingerprint density at radius 2 is 1.81 bits per heavy atom. The zero-order valence-electron chi connectivity index (χ0n) is 9.83. The second-order valence-electron chi connectivity index (χ2n) is 3.25. The number of benzene rings is 1. The van der Waals surface area contributed by atoms with Gasteiger partial charge in [-0.05, 0) is 54.4 Å². The third kappa shape index (κ3) is 4.12. The minimum atomic E-state index is -0.644. The first-order valence-corrected chi connectivity index (χ1v) is 6.12. The molecule has 0 N–H and O–H groups in total. The highest BCUT2D eigenvalue weighted by Crippen LogP contribution is 2.26. The van der Waals surface area contributed by atoms with E-state index in [-0.39, 0.29) is 0 Å². The van der Waals surface area contributed by atoms with Crippen molar-refractivity contribution in [2.45, 2.75) is 27.2 Å². The molecule has 4 heteroatoms. The first-order valence-electron chi connectivity index (χ1n) is 5.33. The third-order valence-corrected chi connectivity index (χ3v) is 2.54. The molecule has 0 bridgehead atoms. The van der Waals surface area contributed by atoms with Gasteiger partial charge >= 0.3 is 6.48 Å². The molecule has 90 valence electrons. The highest BCUT2D eigenvalue weighted by molar-refractivity contribution is 9.10. The molecule has 0 aliphatic carbocycles. The standard InChI is InChI=1S/C12H17BrO3/c1-4-14-12(15-5-2)16-11-7-6-9(3)8-10(11)13/h6-8,12H,4-5H2,1-3H3. The van der Waals surface area contributed by atoms with Crippen LogP contribution in [-0.4, -0.2) is 19.7 Å². The Morgan fingerprint density at radius 1 is 1.19 bits per heavy atom. The first kappa shape index (κ1) is 13.5.